The van der Waals surface area contributed by atoms with Crippen LogP contribution in [0.5, 0.6) is 5.75 Å². The zero-order valence-corrected chi connectivity index (χ0v) is 12.7. The summed E-state index contributed by atoms with van der Waals surface area (Å²) in [4.78, 5) is 22.7. The molecular formula is C15H20ClNO4. The van der Waals surface area contributed by atoms with Crippen LogP contribution in [0, 0.1) is 0 Å². The third-order valence-electron chi connectivity index (χ3n) is 2.90. The topological polar surface area (TPSA) is 75.6 Å². The minimum absolute atomic E-state index is 0.0845. The molecule has 0 aliphatic carbocycles. The molecule has 0 aliphatic rings. The number of carbonyl (C=O) groups is 2. The van der Waals surface area contributed by atoms with Crippen LogP contribution in [0.4, 0.5) is 0 Å². The normalized spacial score (nSPS) is 11.7. The Kier molecular flexibility index (Phi) is 7.61. The van der Waals surface area contributed by atoms with Gasteiger partial charge in [0.2, 0.25) is 5.91 Å². The van der Waals surface area contributed by atoms with Crippen LogP contribution in [0.25, 0.3) is 0 Å². The van der Waals surface area contributed by atoms with E-state index in [-0.39, 0.29) is 18.9 Å². The standard InChI is InChI=1S/C15H20ClNO4/c1-2-3-7-12(15(19)20)17-14(18)9-10-21-13-8-5-4-6-11(13)16/h4-6,8,12H,2-3,7,9-10H2,1H3,(H,17,18)(H,19,20)/t12-/m0/s1. The first kappa shape index (κ1) is 17.3. The highest BCUT2D eigenvalue weighted by molar-refractivity contribution is 6.32. The number of carboxylic acid groups (broad SMARTS) is 1. The van der Waals surface area contributed by atoms with E-state index in [0.717, 1.165) is 12.8 Å². The van der Waals surface area contributed by atoms with Gasteiger partial charge in [-0.3, -0.25) is 4.79 Å². The Labute approximate surface area is 129 Å². The number of rotatable bonds is 9. The maximum atomic E-state index is 11.7. The molecule has 0 unspecified atom stereocenters. The maximum absolute atomic E-state index is 11.7. The average Bonchev–Trinajstić information content (AvgIpc) is 2.45. The summed E-state index contributed by atoms with van der Waals surface area (Å²) in [5.41, 5.74) is 0. The highest BCUT2D eigenvalue weighted by Crippen LogP contribution is 2.22. The fraction of sp³-hybridized carbons (Fsp3) is 0.467. The van der Waals surface area contributed by atoms with Crippen molar-refractivity contribution in [2.45, 2.75) is 38.6 Å². The lowest BCUT2D eigenvalue weighted by Crippen LogP contribution is -2.41. The van der Waals surface area contributed by atoms with E-state index in [4.69, 9.17) is 21.4 Å². The molecule has 0 saturated carbocycles. The van der Waals surface area contributed by atoms with E-state index in [0.29, 0.717) is 17.2 Å². The van der Waals surface area contributed by atoms with E-state index in [9.17, 15) is 9.59 Å². The number of unbranched alkanes of at least 4 members (excludes halogenated alkanes) is 1. The molecule has 6 heteroatoms. The first-order chi connectivity index (χ1) is 10.0. The molecule has 0 aliphatic heterocycles. The highest BCUT2D eigenvalue weighted by Gasteiger charge is 2.18. The van der Waals surface area contributed by atoms with Crippen LogP contribution in [0.15, 0.2) is 24.3 Å². The summed E-state index contributed by atoms with van der Waals surface area (Å²) in [5.74, 6) is -0.845. The number of hydrogen-bond donors (Lipinski definition) is 2. The van der Waals surface area contributed by atoms with Crippen molar-refractivity contribution in [3.8, 4) is 5.75 Å². The largest absolute Gasteiger partial charge is 0.491 e. The number of carbonyl (C=O) groups excluding carboxylic acids is 1. The number of carboxylic acids is 1. The summed E-state index contributed by atoms with van der Waals surface area (Å²) in [6.45, 7) is 2.12. The number of para-hydroxylation sites is 1. The quantitative estimate of drug-likeness (QED) is 0.735. The van der Waals surface area contributed by atoms with E-state index < -0.39 is 12.0 Å². The zero-order valence-electron chi connectivity index (χ0n) is 12.0. The van der Waals surface area contributed by atoms with Crippen LogP contribution in [0.3, 0.4) is 0 Å². The Bertz CT molecular complexity index is 478. The smallest absolute Gasteiger partial charge is 0.326 e. The number of hydrogen-bond acceptors (Lipinski definition) is 3. The molecule has 1 aromatic rings. The fourth-order valence-corrected chi connectivity index (χ4v) is 1.94. The van der Waals surface area contributed by atoms with Crippen molar-refractivity contribution in [1.29, 1.82) is 0 Å². The molecule has 0 radical (unpaired) electrons. The number of aliphatic carboxylic acids is 1. The minimum Gasteiger partial charge on any atom is -0.491 e. The summed E-state index contributed by atoms with van der Waals surface area (Å²) >= 11 is 5.92. The number of benzene rings is 1. The Morgan fingerprint density at radius 1 is 1.38 bits per heavy atom. The van der Waals surface area contributed by atoms with Gasteiger partial charge in [-0.15, -0.1) is 0 Å². The van der Waals surface area contributed by atoms with Gasteiger partial charge in [-0.1, -0.05) is 43.5 Å². The van der Waals surface area contributed by atoms with Crippen molar-refractivity contribution in [3.05, 3.63) is 29.3 Å². The summed E-state index contributed by atoms with van der Waals surface area (Å²) in [6, 6.07) is 6.14. The Hall–Kier alpha value is -1.75. The van der Waals surface area contributed by atoms with Gasteiger partial charge in [-0.2, -0.15) is 0 Å². The van der Waals surface area contributed by atoms with Crippen LogP contribution < -0.4 is 10.1 Å². The number of halogens is 1. The third-order valence-corrected chi connectivity index (χ3v) is 3.22. The Morgan fingerprint density at radius 2 is 2.10 bits per heavy atom. The van der Waals surface area contributed by atoms with Gasteiger partial charge in [0.05, 0.1) is 18.1 Å². The second kappa shape index (κ2) is 9.23. The van der Waals surface area contributed by atoms with Gasteiger partial charge >= 0.3 is 5.97 Å². The predicted molar refractivity (Wildman–Crippen MR) is 80.7 cm³/mol. The van der Waals surface area contributed by atoms with Gasteiger partial charge < -0.3 is 15.2 Å². The van der Waals surface area contributed by atoms with Crippen LogP contribution in [-0.2, 0) is 9.59 Å². The zero-order chi connectivity index (χ0) is 15.7. The van der Waals surface area contributed by atoms with Crippen LogP contribution in [0.2, 0.25) is 5.02 Å². The molecule has 0 fully saturated rings. The van der Waals surface area contributed by atoms with Crippen molar-refractivity contribution in [3.63, 3.8) is 0 Å². The number of ether oxygens (including phenoxy) is 1. The van der Waals surface area contributed by atoms with E-state index >= 15 is 0 Å². The SMILES string of the molecule is CCCC[C@H](NC(=O)CCOc1ccccc1Cl)C(=O)O. The minimum atomic E-state index is -1.01. The lowest BCUT2D eigenvalue weighted by Gasteiger charge is -2.14. The van der Waals surface area contributed by atoms with Crippen molar-refractivity contribution >= 4 is 23.5 Å². The molecule has 1 atom stereocenters. The van der Waals surface area contributed by atoms with Crippen molar-refractivity contribution < 1.29 is 19.4 Å². The third kappa shape index (κ3) is 6.49. The van der Waals surface area contributed by atoms with Gasteiger partial charge in [-0.25, -0.2) is 4.79 Å². The molecule has 116 valence electrons. The summed E-state index contributed by atoms with van der Waals surface area (Å²) in [7, 11) is 0. The van der Waals surface area contributed by atoms with E-state index in [1.807, 2.05) is 6.92 Å². The number of nitrogens with one attached hydrogen (secondary N) is 1. The lowest BCUT2D eigenvalue weighted by molar-refractivity contribution is -0.142. The van der Waals surface area contributed by atoms with Crippen LogP contribution in [-0.4, -0.2) is 29.6 Å². The molecule has 21 heavy (non-hydrogen) atoms. The molecule has 0 saturated heterocycles. The molecule has 2 N–H and O–H groups in total. The lowest BCUT2D eigenvalue weighted by atomic mass is 10.1. The van der Waals surface area contributed by atoms with Gasteiger partial charge in [-0.05, 0) is 18.6 Å². The molecule has 0 heterocycles. The van der Waals surface area contributed by atoms with Gasteiger partial charge in [0.15, 0.2) is 0 Å². The van der Waals surface area contributed by atoms with E-state index in [1.54, 1.807) is 24.3 Å². The molecule has 5 nitrogen and oxygen atoms in total. The van der Waals surface area contributed by atoms with Gasteiger partial charge in [0.1, 0.15) is 11.8 Å². The summed E-state index contributed by atoms with van der Waals surface area (Å²) in [5, 5.41) is 12.0. The number of amides is 1. The molecule has 0 spiro atoms. The fourth-order valence-electron chi connectivity index (χ4n) is 1.75. The first-order valence-corrected chi connectivity index (χ1v) is 7.32. The molecular weight excluding hydrogens is 294 g/mol. The molecule has 1 rings (SSSR count). The predicted octanol–water partition coefficient (Wildman–Crippen LogP) is 2.87. The summed E-state index contributed by atoms with van der Waals surface area (Å²) in [6.07, 6.45) is 2.16. The second-order valence-electron chi connectivity index (χ2n) is 4.63. The van der Waals surface area contributed by atoms with Gasteiger partial charge in [0, 0.05) is 0 Å². The summed E-state index contributed by atoms with van der Waals surface area (Å²) < 4.78 is 5.39. The Morgan fingerprint density at radius 3 is 2.71 bits per heavy atom. The second-order valence-corrected chi connectivity index (χ2v) is 5.04. The van der Waals surface area contributed by atoms with Crippen LogP contribution in [0.1, 0.15) is 32.6 Å². The molecule has 1 amide bonds. The van der Waals surface area contributed by atoms with Crippen molar-refractivity contribution in [1.82, 2.24) is 5.32 Å². The molecule has 1 aromatic carbocycles. The molecule has 0 aromatic heterocycles. The van der Waals surface area contributed by atoms with Crippen molar-refractivity contribution in [2.75, 3.05) is 6.61 Å². The average molecular weight is 314 g/mol. The van der Waals surface area contributed by atoms with E-state index in [1.165, 1.54) is 0 Å². The van der Waals surface area contributed by atoms with Gasteiger partial charge in [0.25, 0.3) is 0 Å². The first-order valence-electron chi connectivity index (χ1n) is 6.94. The monoisotopic (exact) mass is 313 g/mol. The van der Waals surface area contributed by atoms with E-state index in [2.05, 4.69) is 5.32 Å². The van der Waals surface area contributed by atoms with Crippen LogP contribution >= 0.6 is 11.6 Å². The molecule has 0 bridgehead atoms. The maximum Gasteiger partial charge on any atom is 0.326 e. The van der Waals surface area contributed by atoms with Crippen molar-refractivity contribution in [2.24, 2.45) is 0 Å². The Balaban J connectivity index is 2.36. The highest BCUT2D eigenvalue weighted by atomic mass is 35.5.